The molecule has 0 amide bonds. The van der Waals surface area contributed by atoms with Crippen molar-refractivity contribution in [3.05, 3.63) is 102 Å². The molecule has 0 radical (unpaired) electrons. The summed E-state index contributed by atoms with van der Waals surface area (Å²) in [6, 6.07) is 26.0. The van der Waals surface area contributed by atoms with Crippen molar-refractivity contribution in [1.29, 1.82) is 0 Å². The topological polar surface area (TPSA) is 55.8 Å². The predicted molar refractivity (Wildman–Crippen MR) is 112 cm³/mol. The Kier molecular flexibility index (Phi) is 6.35. The van der Waals surface area contributed by atoms with E-state index in [1.165, 1.54) is 0 Å². The minimum Gasteiger partial charge on any atom is -0.508 e. The molecule has 0 fully saturated rings. The molecule has 0 aliphatic carbocycles. The van der Waals surface area contributed by atoms with Crippen LogP contribution in [0.15, 0.2) is 84.9 Å². The zero-order valence-corrected chi connectivity index (χ0v) is 17.0. The van der Waals surface area contributed by atoms with Gasteiger partial charge in [0.15, 0.2) is 0 Å². The van der Waals surface area contributed by atoms with Crippen LogP contribution in [0.2, 0.25) is 0 Å². The fourth-order valence-electron chi connectivity index (χ4n) is 3.61. The van der Waals surface area contributed by atoms with E-state index in [9.17, 15) is 9.67 Å². The Morgan fingerprint density at radius 2 is 1.11 bits per heavy atom. The predicted octanol–water partition coefficient (Wildman–Crippen LogP) is 5.95. The van der Waals surface area contributed by atoms with Gasteiger partial charge in [-0.15, -0.1) is 0 Å². The lowest BCUT2D eigenvalue weighted by Gasteiger charge is -2.40. The van der Waals surface area contributed by atoms with Crippen LogP contribution < -0.4 is 0 Å². The summed E-state index contributed by atoms with van der Waals surface area (Å²) in [4.78, 5) is 0. The van der Waals surface area contributed by atoms with Crippen molar-refractivity contribution in [1.82, 2.24) is 0 Å². The number of phenolic OH excluding ortho intramolecular Hbond substituents is 1. The second-order valence-electron chi connectivity index (χ2n) is 6.32. The molecule has 0 saturated carbocycles. The van der Waals surface area contributed by atoms with E-state index in [2.05, 4.69) is 0 Å². The highest BCUT2D eigenvalue weighted by molar-refractivity contribution is 7.55. The zero-order valence-electron chi connectivity index (χ0n) is 16.1. The summed E-state index contributed by atoms with van der Waals surface area (Å²) >= 11 is 0. The second-order valence-corrected chi connectivity index (χ2v) is 8.50. The third kappa shape index (κ3) is 3.51. The molecule has 28 heavy (non-hydrogen) atoms. The lowest BCUT2D eigenvalue weighted by Crippen LogP contribution is -2.31. The summed E-state index contributed by atoms with van der Waals surface area (Å²) in [6.45, 7) is 4.11. The minimum atomic E-state index is -3.72. The third-order valence-corrected chi connectivity index (χ3v) is 7.47. The molecule has 3 aromatic rings. The van der Waals surface area contributed by atoms with E-state index in [0.717, 1.165) is 16.7 Å². The molecule has 0 heterocycles. The van der Waals surface area contributed by atoms with Crippen LogP contribution in [0.5, 0.6) is 5.75 Å². The molecule has 0 atom stereocenters. The quantitative estimate of drug-likeness (QED) is 0.378. The average molecular weight is 396 g/mol. The Bertz CT molecular complexity index is 874. The number of hydrogen-bond donors (Lipinski definition) is 1. The van der Waals surface area contributed by atoms with Gasteiger partial charge in [0.25, 0.3) is 0 Å². The van der Waals surface area contributed by atoms with Gasteiger partial charge in [-0.3, -0.25) is 4.57 Å². The zero-order chi connectivity index (χ0) is 20.0. The molecule has 146 valence electrons. The highest BCUT2D eigenvalue weighted by Crippen LogP contribution is 2.70. The van der Waals surface area contributed by atoms with Crippen LogP contribution in [0.25, 0.3) is 0 Å². The fraction of sp³-hybridized carbons (Fsp3) is 0.217. The maximum atomic E-state index is 14.4. The van der Waals surface area contributed by atoms with Crippen LogP contribution in [0, 0.1) is 0 Å². The maximum Gasteiger partial charge on any atom is 0.349 e. The van der Waals surface area contributed by atoms with Gasteiger partial charge in [0, 0.05) is 0 Å². The Morgan fingerprint density at radius 3 is 1.50 bits per heavy atom. The largest absolute Gasteiger partial charge is 0.508 e. The molecule has 0 aromatic heterocycles. The maximum absolute atomic E-state index is 14.4. The molecule has 5 heteroatoms. The summed E-state index contributed by atoms with van der Waals surface area (Å²) in [5, 5.41) is 8.67. The summed E-state index contributed by atoms with van der Waals surface area (Å²) in [5.74, 6) is 0.140. The van der Waals surface area contributed by atoms with Crippen LogP contribution in [0.4, 0.5) is 0 Å². The van der Waals surface area contributed by atoms with E-state index in [4.69, 9.17) is 9.05 Å². The van der Waals surface area contributed by atoms with Crippen molar-refractivity contribution in [2.45, 2.75) is 19.0 Å². The number of benzene rings is 3. The van der Waals surface area contributed by atoms with Gasteiger partial charge >= 0.3 is 7.60 Å². The molecule has 0 bridgehead atoms. The van der Waals surface area contributed by atoms with Crippen molar-refractivity contribution in [3.63, 3.8) is 0 Å². The van der Waals surface area contributed by atoms with E-state index in [0.29, 0.717) is 0 Å². The van der Waals surface area contributed by atoms with Gasteiger partial charge < -0.3 is 14.2 Å². The Labute approximate surface area is 166 Å². The minimum absolute atomic E-state index is 0.140. The Hall–Kier alpha value is -2.39. The average Bonchev–Trinajstić information content (AvgIpc) is 2.72. The van der Waals surface area contributed by atoms with Gasteiger partial charge in [0.05, 0.1) is 13.2 Å². The molecule has 0 aliphatic heterocycles. The normalized spacial score (nSPS) is 12.1. The van der Waals surface area contributed by atoms with E-state index in [-0.39, 0.29) is 19.0 Å². The number of aromatic hydroxyl groups is 1. The number of phenols is 1. The summed E-state index contributed by atoms with van der Waals surface area (Å²) < 4.78 is 26.2. The van der Waals surface area contributed by atoms with E-state index >= 15 is 0 Å². The lowest BCUT2D eigenvalue weighted by molar-refractivity contribution is 0.206. The standard InChI is InChI=1S/C23H25O4P/c1-3-26-28(25,27-4-2)23(19-11-7-5-8-12-19,20-13-9-6-10-14-20)21-15-17-22(24)18-16-21/h5-18,24H,3-4H2,1-2H3. The first-order valence-electron chi connectivity index (χ1n) is 9.38. The molecular weight excluding hydrogens is 371 g/mol. The van der Waals surface area contributed by atoms with E-state index in [1.807, 2.05) is 74.5 Å². The molecular formula is C23H25O4P. The van der Waals surface area contributed by atoms with Gasteiger partial charge in [-0.1, -0.05) is 72.8 Å². The van der Waals surface area contributed by atoms with Crippen LogP contribution in [0.3, 0.4) is 0 Å². The monoisotopic (exact) mass is 396 g/mol. The molecule has 4 nitrogen and oxygen atoms in total. The van der Waals surface area contributed by atoms with Gasteiger partial charge in [0.2, 0.25) is 0 Å². The molecule has 3 aromatic carbocycles. The van der Waals surface area contributed by atoms with Crippen LogP contribution in [0.1, 0.15) is 30.5 Å². The second kappa shape index (κ2) is 8.74. The van der Waals surface area contributed by atoms with Crippen LogP contribution in [-0.4, -0.2) is 18.3 Å². The third-order valence-electron chi connectivity index (χ3n) is 4.68. The number of hydrogen-bond acceptors (Lipinski definition) is 4. The summed E-state index contributed by atoms with van der Waals surface area (Å²) in [7, 11) is -3.72. The molecule has 0 unspecified atom stereocenters. The number of rotatable bonds is 8. The molecule has 0 aliphatic rings. The molecule has 0 spiro atoms. The van der Waals surface area contributed by atoms with Crippen molar-refractivity contribution in [3.8, 4) is 5.75 Å². The highest BCUT2D eigenvalue weighted by Gasteiger charge is 2.54. The van der Waals surface area contributed by atoms with Crippen LogP contribution >= 0.6 is 7.60 Å². The van der Waals surface area contributed by atoms with Gasteiger partial charge in [-0.05, 0) is 42.7 Å². The summed E-state index contributed by atoms with van der Waals surface area (Å²) in [5.41, 5.74) is 2.34. The van der Waals surface area contributed by atoms with E-state index in [1.54, 1.807) is 24.3 Å². The fourth-order valence-corrected chi connectivity index (χ4v) is 6.14. The first kappa shape index (κ1) is 20.3. The molecule has 1 N–H and O–H groups in total. The summed E-state index contributed by atoms with van der Waals surface area (Å²) in [6.07, 6.45) is 0. The van der Waals surface area contributed by atoms with Crippen molar-refractivity contribution >= 4 is 7.60 Å². The van der Waals surface area contributed by atoms with Gasteiger partial charge in [0.1, 0.15) is 10.9 Å². The van der Waals surface area contributed by atoms with Crippen molar-refractivity contribution in [2.24, 2.45) is 0 Å². The SMILES string of the molecule is CCOP(=O)(OCC)C(c1ccccc1)(c1ccccc1)c1ccc(O)cc1. The lowest BCUT2D eigenvalue weighted by atomic mass is 9.84. The van der Waals surface area contributed by atoms with Gasteiger partial charge in [-0.25, -0.2) is 0 Å². The van der Waals surface area contributed by atoms with Crippen molar-refractivity contribution < 1.29 is 18.7 Å². The Balaban J connectivity index is 2.45. The smallest absolute Gasteiger partial charge is 0.349 e. The first-order chi connectivity index (χ1) is 13.6. The first-order valence-corrected chi connectivity index (χ1v) is 10.9. The highest BCUT2D eigenvalue weighted by atomic mass is 31.2. The van der Waals surface area contributed by atoms with Gasteiger partial charge in [-0.2, -0.15) is 0 Å². The van der Waals surface area contributed by atoms with Crippen molar-refractivity contribution in [2.75, 3.05) is 13.2 Å². The van der Waals surface area contributed by atoms with Crippen LogP contribution in [-0.2, 0) is 18.8 Å². The molecule has 3 rings (SSSR count). The Morgan fingerprint density at radius 1 is 0.714 bits per heavy atom. The van der Waals surface area contributed by atoms with E-state index < -0.39 is 12.8 Å². The molecule has 0 saturated heterocycles.